The highest BCUT2D eigenvalue weighted by Crippen LogP contribution is 2.42. The molecule has 1 aromatic heterocycles. The number of aromatic nitrogens is 1. The van der Waals surface area contributed by atoms with Gasteiger partial charge in [-0.25, -0.2) is 0 Å². The molecule has 0 radical (unpaired) electrons. The standard InChI is InChI=1S/C34H51NO7Si/c1-10-27(21-42-43(23(2)3,24(4)5)25(6)7)19-26(8)11-16-31(36)32-33(37)30(20-35-34(32)38)28-12-14-29(15-13-28)41-22-40-18-17-39-9/h11-16,19-20,23-25,27H,10,17-18,21-22H2,1-9H3,(H2,35,37,38)/b16-11+,26-19+/t27-/m1/s1. The van der Waals surface area contributed by atoms with Crippen LogP contribution in [0.4, 0.5) is 0 Å². The highest BCUT2D eigenvalue weighted by atomic mass is 28.4. The summed E-state index contributed by atoms with van der Waals surface area (Å²) in [6.07, 6.45) is 7.45. The Morgan fingerprint density at radius 3 is 2.19 bits per heavy atom. The van der Waals surface area contributed by atoms with Gasteiger partial charge in [0, 0.05) is 25.5 Å². The van der Waals surface area contributed by atoms with E-state index in [4.69, 9.17) is 18.6 Å². The van der Waals surface area contributed by atoms with E-state index in [9.17, 15) is 14.7 Å². The number of rotatable bonds is 18. The van der Waals surface area contributed by atoms with Gasteiger partial charge in [0.15, 0.2) is 20.9 Å². The van der Waals surface area contributed by atoms with Gasteiger partial charge >= 0.3 is 0 Å². The van der Waals surface area contributed by atoms with Crippen LogP contribution in [-0.4, -0.2) is 57.9 Å². The molecule has 0 amide bonds. The van der Waals surface area contributed by atoms with E-state index >= 15 is 0 Å². The summed E-state index contributed by atoms with van der Waals surface area (Å²) in [5.74, 6) is -0.162. The predicted octanol–water partition coefficient (Wildman–Crippen LogP) is 7.65. The molecule has 1 heterocycles. The van der Waals surface area contributed by atoms with Gasteiger partial charge in [-0.05, 0) is 59.7 Å². The van der Waals surface area contributed by atoms with Crippen molar-refractivity contribution in [3.05, 3.63) is 70.2 Å². The average molecular weight is 614 g/mol. The smallest absolute Gasteiger partial charge is 0.263 e. The van der Waals surface area contributed by atoms with Crippen LogP contribution >= 0.6 is 0 Å². The predicted molar refractivity (Wildman–Crippen MR) is 175 cm³/mol. The number of aromatic amines is 1. The van der Waals surface area contributed by atoms with Gasteiger partial charge in [-0.2, -0.15) is 0 Å². The topological polar surface area (TPSA) is 107 Å². The van der Waals surface area contributed by atoms with Gasteiger partial charge in [0.1, 0.15) is 17.1 Å². The number of H-pyrrole nitrogens is 1. The van der Waals surface area contributed by atoms with Crippen molar-refractivity contribution in [1.29, 1.82) is 0 Å². The molecule has 2 N–H and O–H groups in total. The number of aromatic hydroxyl groups is 1. The van der Waals surface area contributed by atoms with E-state index in [1.54, 1.807) is 37.5 Å². The number of methoxy groups -OCH3 is 1. The Kier molecular flexibility index (Phi) is 14.6. The Balaban J connectivity index is 2.17. The molecule has 1 aromatic carbocycles. The summed E-state index contributed by atoms with van der Waals surface area (Å²) in [6, 6.07) is 6.91. The van der Waals surface area contributed by atoms with Crippen LogP contribution < -0.4 is 10.3 Å². The fourth-order valence-corrected chi connectivity index (χ4v) is 11.3. The zero-order valence-electron chi connectivity index (χ0n) is 27.4. The van der Waals surface area contributed by atoms with Gasteiger partial charge in [0.05, 0.1) is 13.2 Å². The van der Waals surface area contributed by atoms with Crippen LogP contribution in [0.5, 0.6) is 11.5 Å². The van der Waals surface area contributed by atoms with Crippen molar-refractivity contribution in [3.63, 3.8) is 0 Å². The lowest BCUT2D eigenvalue weighted by Gasteiger charge is -2.42. The van der Waals surface area contributed by atoms with Crippen LogP contribution in [0.15, 0.2) is 59.1 Å². The zero-order valence-corrected chi connectivity index (χ0v) is 28.4. The normalized spacial score (nSPS) is 13.4. The second kappa shape index (κ2) is 17.3. The maximum absolute atomic E-state index is 13.1. The van der Waals surface area contributed by atoms with E-state index in [0.717, 1.165) is 12.0 Å². The molecule has 0 saturated carbocycles. The largest absolute Gasteiger partial charge is 0.506 e. The lowest BCUT2D eigenvalue weighted by molar-refractivity contribution is -0.00846. The quantitative estimate of drug-likeness (QED) is 0.0444. The Morgan fingerprint density at radius 1 is 1.00 bits per heavy atom. The first kappa shape index (κ1) is 36.2. The molecular formula is C34H51NO7Si. The number of allylic oxidation sites excluding steroid dienone is 3. The van der Waals surface area contributed by atoms with Gasteiger partial charge in [0.25, 0.3) is 5.56 Å². The number of pyridine rings is 1. The van der Waals surface area contributed by atoms with Crippen LogP contribution in [0, 0.1) is 5.92 Å². The summed E-state index contributed by atoms with van der Waals surface area (Å²) in [6.45, 7) is 19.4. The summed E-state index contributed by atoms with van der Waals surface area (Å²) in [5, 5.41) is 11.0. The summed E-state index contributed by atoms with van der Waals surface area (Å²) in [5.41, 5.74) is 2.41. The molecular weight excluding hydrogens is 562 g/mol. The first-order valence-electron chi connectivity index (χ1n) is 15.2. The van der Waals surface area contributed by atoms with E-state index in [-0.39, 0.29) is 24.0 Å². The van der Waals surface area contributed by atoms with Crippen molar-refractivity contribution in [3.8, 4) is 22.6 Å². The molecule has 0 unspecified atom stereocenters. The number of ketones is 1. The molecule has 2 rings (SSSR count). The fourth-order valence-electron chi connectivity index (χ4n) is 5.76. The molecule has 9 heteroatoms. The minimum atomic E-state index is -1.98. The van der Waals surface area contributed by atoms with Crippen molar-refractivity contribution in [2.45, 2.75) is 78.4 Å². The Bertz CT molecular complexity index is 1260. The van der Waals surface area contributed by atoms with Crippen LogP contribution in [-0.2, 0) is 13.9 Å². The van der Waals surface area contributed by atoms with E-state index < -0.39 is 19.7 Å². The zero-order chi connectivity index (χ0) is 32.2. The molecule has 238 valence electrons. The van der Waals surface area contributed by atoms with Crippen LogP contribution in [0.2, 0.25) is 16.6 Å². The van der Waals surface area contributed by atoms with Crippen LogP contribution in [0.25, 0.3) is 11.1 Å². The van der Waals surface area contributed by atoms with Crippen molar-refractivity contribution >= 4 is 14.1 Å². The molecule has 8 nitrogen and oxygen atoms in total. The van der Waals surface area contributed by atoms with Gasteiger partial charge < -0.3 is 28.7 Å². The minimum absolute atomic E-state index is 0.0772. The number of ether oxygens (including phenoxy) is 3. The SMILES string of the molecule is CC[C@H](/C=C(C)/C=C/C(=O)c1c(O)c(-c2ccc(OCOCCOC)cc2)c[nH]c1=O)CO[Si](C(C)C)(C(C)C)C(C)C. The van der Waals surface area contributed by atoms with E-state index in [1.807, 2.05) is 6.92 Å². The maximum Gasteiger partial charge on any atom is 0.263 e. The lowest BCUT2D eigenvalue weighted by atomic mass is 10.0. The average Bonchev–Trinajstić information content (AvgIpc) is 2.95. The lowest BCUT2D eigenvalue weighted by Crippen LogP contribution is -2.48. The summed E-state index contributed by atoms with van der Waals surface area (Å²) in [4.78, 5) is 28.3. The number of carbonyl (C=O) groups is 1. The van der Waals surface area contributed by atoms with Gasteiger partial charge in [-0.15, -0.1) is 0 Å². The van der Waals surface area contributed by atoms with Crippen LogP contribution in [0.3, 0.4) is 0 Å². The molecule has 2 aromatic rings. The molecule has 0 spiro atoms. The molecule has 0 saturated heterocycles. The van der Waals surface area contributed by atoms with Crippen molar-refractivity contribution in [2.75, 3.05) is 33.7 Å². The summed E-state index contributed by atoms with van der Waals surface area (Å²) in [7, 11) is -0.385. The molecule has 43 heavy (non-hydrogen) atoms. The first-order valence-corrected chi connectivity index (χ1v) is 17.3. The Hall–Kier alpha value is -2.98. The number of hydrogen-bond acceptors (Lipinski definition) is 7. The Labute approximate surface area is 258 Å². The second-order valence-electron chi connectivity index (χ2n) is 11.8. The third kappa shape index (κ3) is 9.76. The first-order chi connectivity index (χ1) is 20.4. The second-order valence-corrected chi connectivity index (χ2v) is 17.3. The third-order valence-corrected chi connectivity index (χ3v) is 14.1. The van der Waals surface area contributed by atoms with Crippen molar-refractivity contribution in [2.24, 2.45) is 5.92 Å². The number of hydrogen-bond donors (Lipinski definition) is 2. The van der Waals surface area contributed by atoms with E-state index in [0.29, 0.717) is 53.3 Å². The Morgan fingerprint density at radius 2 is 1.63 bits per heavy atom. The monoisotopic (exact) mass is 613 g/mol. The van der Waals surface area contributed by atoms with Gasteiger partial charge in [0.2, 0.25) is 0 Å². The molecule has 0 aliphatic carbocycles. The minimum Gasteiger partial charge on any atom is -0.506 e. The third-order valence-electron chi connectivity index (χ3n) is 7.99. The van der Waals surface area contributed by atoms with Crippen molar-refractivity contribution < 1.29 is 28.5 Å². The highest BCUT2D eigenvalue weighted by molar-refractivity contribution is 6.77. The van der Waals surface area contributed by atoms with Gasteiger partial charge in [-0.3, -0.25) is 9.59 Å². The van der Waals surface area contributed by atoms with E-state index in [2.05, 4.69) is 59.5 Å². The van der Waals surface area contributed by atoms with Gasteiger partial charge in [-0.1, -0.05) is 78.3 Å². The van der Waals surface area contributed by atoms with Crippen molar-refractivity contribution in [1.82, 2.24) is 4.98 Å². The highest BCUT2D eigenvalue weighted by Gasteiger charge is 2.45. The number of nitrogens with one attached hydrogen (secondary N) is 1. The molecule has 0 fully saturated rings. The summed E-state index contributed by atoms with van der Waals surface area (Å²) >= 11 is 0. The molecule has 0 aliphatic heterocycles. The summed E-state index contributed by atoms with van der Waals surface area (Å²) < 4.78 is 22.6. The van der Waals surface area contributed by atoms with Crippen LogP contribution in [0.1, 0.15) is 72.2 Å². The molecule has 1 atom stereocenters. The molecule has 0 aliphatic rings. The molecule has 0 bridgehead atoms. The number of benzene rings is 1. The maximum atomic E-state index is 13.1. The van der Waals surface area contributed by atoms with E-state index in [1.165, 1.54) is 12.3 Å². The number of carbonyl (C=O) groups excluding carboxylic acids is 1. The fraction of sp³-hybridized carbons (Fsp3) is 0.529.